The maximum Gasteiger partial charge on any atom is 0.202 e. The zero-order valence-electron chi connectivity index (χ0n) is 9.95. The standard InChI is InChI=1S/C11H19N3S2/c1-3-9-13-10(16-14-9)12-8-11(15-2)6-4-5-7-11/h3-8H2,1-2H3,(H,12,13,14). The molecule has 16 heavy (non-hydrogen) atoms. The lowest BCUT2D eigenvalue weighted by molar-refractivity contribution is 0.639. The Balaban J connectivity index is 1.90. The van der Waals surface area contributed by atoms with E-state index >= 15 is 0 Å². The molecule has 1 aliphatic carbocycles. The molecule has 0 radical (unpaired) electrons. The van der Waals surface area contributed by atoms with Crippen LogP contribution < -0.4 is 5.32 Å². The Bertz CT molecular complexity index is 332. The van der Waals surface area contributed by atoms with Crippen LogP contribution >= 0.6 is 23.3 Å². The highest BCUT2D eigenvalue weighted by molar-refractivity contribution is 8.00. The molecule has 1 saturated carbocycles. The molecule has 0 aromatic carbocycles. The van der Waals surface area contributed by atoms with Gasteiger partial charge in [-0.25, -0.2) is 4.98 Å². The molecule has 1 N–H and O–H groups in total. The quantitative estimate of drug-likeness (QED) is 0.879. The Morgan fingerprint density at radius 1 is 1.44 bits per heavy atom. The van der Waals surface area contributed by atoms with E-state index in [0.717, 1.165) is 23.9 Å². The first-order valence-corrected chi connectivity index (χ1v) is 7.89. The van der Waals surface area contributed by atoms with Crippen LogP contribution in [0.25, 0.3) is 0 Å². The smallest absolute Gasteiger partial charge is 0.202 e. The van der Waals surface area contributed by atoms with Gasteiger partial charge in [-0.15, -0.1) is 0 Å². The Morgan fingerprint density at radius 3 is 2.75 bits per heavy atom. The van der Waals surface area contributed by atoms with E-state index < -0.39 is 0 Å². The Kier molecular flexibility index (Phi) is 4.08. The molecule has 5 heteroatoms. The number of nitrogens with zero attached hydrogens (tertiary/aromatic N) is 2. The van der Waals surface area contributed by atoms with Crippen LogP contribution in [0.15, 0.2) is 0 Å². The van der Waals surface area contributed by atoms with Gasteiger partial charge >= 0.3 is 0 Å². The zero-order chi connectivity index (χ0) is 11.4. The molecule has 0 unspecified atom stereocenters. The summed E-state index contributed by atoms with van der Waals surface area (Å²) < 4.78 is 4.73. The summed E-state index contributed by atoms with van der Waals surface area (Å²) in [5, 5.41) is 4.44. The number of hydrogen-bond donors (Lipinski definition) is 1. The molecule has 3 nitrogen and oxygen atoms in total. The topological polar surface area (TPSA) is 37.8 Å². The first-order chi connectivity index (χ1) is 7.78. The molecule has 0 spiro atoms. The molecule has 0 atom stereocenters. The fourth-order valence-corrected chi connectivity index (χ4v) is 3.74. The van der Waals surface area contributed by atoms with Crippen LogP contribution in [-0.2, 0) is 6.42 Å². The number of thioether (sulfide) groups is 1. The summed E-state index contributed by atoms with van der Waals surface area (Å²) in [4.78, 5) is 4.44. The van der Waals surface area contributed by atoms with Crippen LogP contribution in [0.4, 0.5) is 5.13 Å². The largest absolute Gasteiger partial charge is 0.359 e. The van der Waals surface area contributed by atoms with E-state index in [2.05, 4.69) is 27.9 Å². The molecule has 2 rings (SSSR count). The summed E-state index contributed by atoms with van der Waals surface area (Å²) in [6.07, 6.45) is 8.56. The van der Waals surface area contributed by atoms with E-state index in [4.69, 9.17) is 0 Å². The molecule has 0 amide bonds. The second kappa shape index (κ2) is 5.36. The van der Waals surface area contributed by atoms with Gasteiger partial charge < -0.3 is 5.32 Å². The lowest BCUT2D eigenvalue weighted by Gasteiger charge is -2.26. The number of hydrogen-bond acceptors (Lipinski definition) is 5. The Labute approximate surface area is 106 Å². The minimum atomic E-state index is 0.443. The van der Waals surface area contributed by atoms with Crippen molar-refractivity contribution < 1.29 is 0 Å². The summed E-state index contributed by atoms with van der Waals surface area (Å²) >= 11 is 3.49. The minimum absolute atomic E-state index is 0.443. The molecule has 1 aromatic rings. The molecule has 0 saturated heterocycles. The van der Waals surface area contributed by atoms with Gasteiger partial charge in [0, 0.05) is 29.2 Å². The molecular weight excluding hydrogens is 238 g/mol. The highest BCUT2D eigenvalue weighted by Crippen LogP contribution is 2.40. The number of nitrogens with one attached hydrogen (secondary N) is 1. The monoisotopic (exact) mass is 257 g/mol. The second-order valence-corrected chi connectivity index (χ2v) is 6.34. The normalized spacial score (nSPS) is 18.9. The van der Waals surface area contributed by atoms with Crippen molar-refractivity contribution in [3.8, 4) is 0 Å². The van der Waals surface area contributed by atoms with Gasteiger partial charge in [0.05, 0.1) is 0 Å². The minimum Gasteiger partial charge on any atom is -0.359 e. The summed E-state index contributed by atoms with van der Waals surface area (Å²) in [6, 6.07) is 0. The number of aryl methyl sites for hydroxylation is 1. The molecule has 0 aliphatic heterocycles. The van der Waals surface area contributed by atoms with Gasteiger partial charge in [-0.2, -0.15) is 16.1 Å². The zero-order valence-corrected chi connectivity index (χ0v) is 11.6. The lowest BCUT2D eigenvalue weighted by Crippen LogP contribution is -2.29. The van der Waals surface area contributed by atoms with E-state index in [1.807, 2.05) is 11.8 Å². The van der Waals surface area contributed by atoms with E-state index in [1.54, 1.807) is 0 Å². The summed E-state index contributed by atoms with van der Waals surface area (Å²) in [6.45, 7) is 3.12. The first-order valence-electron chi connectivity index (χ1n) is 5.89. The Hall–Kier alpha value is -0.290. The van der Waals surface area contributed by atoms with Crippen molar-refractivity contribution >= 4 is 28.4 Å². The molecule has 0 bridgehead atoms. The predicted molar refractivity (Wildman–Crippen MR) is 72.5 cm³/mol. The average molecular weight is 257 g/mol. The molecule has 90 valence electrons. The van der Waals surface area contributed by atoms with Crippen LogP contribution in [0.3, 0.4) is 0 Å². The maximum atomic E-state index is 4.44. The van der Waals surface area contributed by atoms with Crippen molar-refractivity contribution in [2.24, 2.45) is 0 Å². The summed E-state index contributed by atoms with van der Waals surface area (Å²) in [7, 11) is 0. The van der Waals surface area contributed by atoms with E-state index in [0.29, 0.717) is 4.75 Å². The van der Waals surface area contributed by atoms with E-state index in [1.165, 1.54) is 37.2 Å². The van der Waals surface area contributed by atoms with Crippen molar-refractivity contribution in [3.63, 3.8) is 0 Å². The van der Waals surface area contributed by atoms with Gasteiger partial charge in [-0.3, -0.25) is 0 Å². The predicted octanol–water partition coefficient (Wildman–Crippen LogP) is 3.19. The second-order valence-electron chi connectivity index (χ2n) is 4.32. The molecule has 1 heterocycles. The van der Waals surface area contributed by atoms with Crippen LogP contribution in [-0.4, -0.2) is 26.9 Å². The van der Waals surface area contributed by atoms with Crippen molar-refractivity contribution in [3.05, 3.63) is 5.82 Å². The summed E-state index contributed by atoms with van der Waals surface area (Å²) in [5.41, 5.74) is 0. The highest BCUT2D eigenvalue weighted by Gasteiger charge is 2.32. The van der Waals surface area contributed by atoms with Crippen LogP contribution in [0.2, 0.25) is 0 Å². The fourth-order valence-electron chi connectivity index (χ4n) is 2.18. The van der Waals surface area contributed by atoms with Crippen LogP contribution in [0.5, 0.6) is 0 Å². The SMILES string of the molecule is CCc1nsc(NCC2(SC)CCCC2)n1. The van der Waals surface area contributed by atoms with Crippen LogP contribution in [0, 0.1) is 0 Å². The van der Waals surface area contributed by atoms with E-state index in [9.17, 15) is 0 Å². The number of anilines is 1. The number of rotatable bonds is 5. The molecule has 1 aromatic heterocycles. The van der Waals surface area contributed by atoms with E-state index in [-0.39, 0.29) is 0 Å². The maximum absolute atomic E-state index is 4.44. The fraction of sp³-hybridized carbons (Fsp3) is 0.818. The van der Waals surface area contributed by atoms with Gasteiger partial charge in [-0.05, 0) is 19.1 Å². The molecular formula is C11H19N3S2. The molecule has 1 aliphatic rings. The molecule has 1 fully saturated rings. The first kappa shape index (κ1) is 12.2. The van der Waals surface area contributed by atoms with Gasteiger partial charge in [0.25, 0.3) is 0 Å². The van der Waals surface area contributed by atoms with Gasteiger partial charge in [0.15, 0.2) is 0 Å². The van der Waals surface area contributed by atoms with Crippen molar-refractivity contribution in [1.82, 2.24) is 9.36 Å². The van der Waals surface area contributed by atoms with Gasteiger partial charge in [0.1, 0.15) is 5.82 Å². The van der Waals surface area contributed by atoms with Crippen LogP contribution in [0.1, 0.15) is 38.4 Å². The van der Waals surface area contributed by atoms with Gasteiger partial charge in [-0.1, -0.05) is 19.8 Å². The Morgan fingerprint density at radius 2 is 2.19 bits per heavy atom. The highest BCUT2D eigenvalue weighted by atomic mass is 32.2. The summed E-state index contributed by atoms with van der Waals surface area (Å²) in [5.74, 6) is 0.956. The average Bonchev–Trinajstić information content (AvgIpc) is 2.96. The third-order valence-corrected chi connectivity index (χ3v) is 5.42. The lowest BCUT2D eigenvalue weighted by atomic mass is 10.1. The number of aromatic nitrogens is 2. The van der Waals surface area contributed by atoms with Crippen molar-refractivity contribution in [2.75, 3.05) is 18.1 Å². The third-order valence-electron chi connectivity index (χ3n) is 3.29. The van der Waals surface area contributed by atoms with Gasteiger partial charge in [0.2, 0.25) is 5.13 Å². The van der Waals surface area contributed by atoms with Crippen molar-refractivity contribution in [2.45, 2.75) is 43.8 Å². The van der Waals surface area contributed by atoms with Crippen molar-refractivity contribution in [1.29, 1.82) is 0 Å². The third kappa shape index (κ3) is 2.69.